The van der Waals surface area contributed by atoms with E-state index in [4.69, 9.17) is 30.8 Å². The third-order valence-corrected chi connectivity index (χ3v) is 11.2. The Morgan fingerprint density at radius 1 is 1.29 bits per heavy atom. The van der Waals surface area contributed by atoms with Crippen LogP contribution < -0.4 is 16.3 Å². The molecule has 3 atom stereocenters. The second-order valence-corrected chi connectivity index (χ2v) is 13.9. The summed E-state index contributed by atoms with van der Waals surface area (Å²) in [5.41, 5.74) is 11.2. The van der Waals surface area contributed by atoms with Crippen molar-refractivity contribution in [2.75, 3.05) is 19.3 Å². The summed E-state index contributed by atoms with van der Waals surface area (Å²) in [6.07, 6.45) is 10.7. The Morgan fingerprint density at radius 2 is 2.13 bits per heavy atom. The third-order valence-electron chi connectivity index (χ3n) is 9.33. The van der Waals surface area contributed by atoms with Crippen LogP contribution in [0.25, 0.3) is 11.5 Å². The molecule has 14 heteroatoms. The van der Waals surface area contributed by atoms with E-state index in [0.717, 1.165) is 79.7 Å². The lowest BCUT2D eigenvalue weighted by Gasteiger charge is -2.39. The zero-order valence-corrected chi connectivity index (χ0v) is 26.8. The number of hydrazone groups is 1. The molecule has 4 aromatic heterocycles. The third kappa shape index (κ3) is 5.18. The minimum absolute atomic E-state index is 0.0981. The summed E-state index contributed by atoms with van der Waals surface area (Å²) in [7, 11) is 2.12. The highest BCUT2D eigenvalue weighted by Gasteiger charge is 2.48. The second-order valence-electron chi connectivity index (χ2n) is 11.9. The van der Waals surface area contributed by atoms with Crippen LogP contribution in [0.2, 0.25) is 0 Å². The number of hydrogen-bond acceptors (Lipinski definition) is 14. The first-order chi connectivity index (χ1) is 21.9. The van der Waals surface area contributed by atoms with Gasteiger partial charge in [-0.05, 0) is 77.4 Å². The normalized spacial score (nSPS) is 22.4. The number of nitrogens with zero attached hydrogens (tertiary/aromatic N) is 8. The number of thiophene rings is 1. The Morgan fingerprint density at radius 3 is 2.87 bits per heavy atom. The molecule has 0 radical (unpaired) electrons. The van der Waals surface area contributed by atoms with E-state index in [1.807, 2.05) is 0 Å². The van der Waals surface area contributed by atoms with Crippen molar-refractivity contribution in [1.82, 2.24) is 25.0 Å². The smallest absolute Gasteiger partial charge is 0.219 e. The number of ether oxygens (including phenoxy) is 1. The second kappa shape index (κ2) is 12.0. The van der Waals surface area contributed by atoms with E-state index >= 15 is 0 Å². The van der Waals surface area contributed by atoms with Crippen molar-refractivity contribution in [2.24, 2.45) is 15.9 Å². The van der Waals surface area contributed by atoms with Crippen molar-refractivity contribution < 1.29 is 9.26 Å². The van der Waals surface area contributed by atoms with E-state index in [9.17, 15) is 5.26 Å². The van der Waals surface area contributed by atoms with Gasteiger partial charge in [0.1, 0.15) is 22.9 Å². The molecule has 0 saturated carbocycles. The molecule has 0 amide bonds. The van der Waals surface area contributed by atoms with Crippen molar-refractivity contribution in [1.29, 1.82) is 5.26 Å². The lowest BCUT2D eigenvalue weighted by atomic mass is 9.63. The molecular weight excluding hydrogens is 609 g/mol. The molecule has 45 heavy (non-hydrogen) atoms. The monoisotopic (exact) mass is 642 g/mol. The number of fused-ring (bicyclic) bond motifs is 4. The molecular formula is C31H34N10O2S2. The number of aromatic nitrogens is 4. The maximum Gasteiger partial charge on any atom is 0.219 e. The van der Waals surface area contributed by atoms with E-state index in [-0.39, 0.29) is 12.1 Å². The van der Waals surface area contributed by atoms with Crippen LogP contribution in [0.4, 0.5) is 10.8 Å². The molecule has 0 aromatic carbocycles. The van der Waals surface area contributed by atoms with Gasteiger partial charge in [-0.3, -0.25) is 9.88 Å². The van der Waals surface area contributed by atoms with Crippen LogP contribution in [0.1, 0.15) is 77.7 Å². The number of hydrogen-bond donors (Lipinski definition) is 2. The van der Waals surface area contributed by atoms with Crippen LogP contribution in [0.3, 0.4) is 0 Å². The molecule has 4 N–H and O–H groups in total. The van der Waals surface area contributed by atoms with Gasteiger partial charge in [-0.1, -0.05) is 5.16 Å². The van der Waals surface area contributed by atoms with Gasteiger partial charge >= 0.3 is 0 Å². The van der Waals surface area contributed by atoms with Crippen molar-refractivity contribution >= 4 is 45.4 Å². The summed E-state index contributed by atoms with van der Waals surface area (Å²) in [5, 5.41) is 19.1. The van der Waals surface area contributed by atoms with E-state index in [1.165, 1.54) is 27.6 Å². The number of rotatable bonds is 7. The van der Waals surface area contributed by atoms with Crippen LogP contribution in [-0.4, -0.2) is 62.7 Å². The van der Waals surface area contributed by atoms with E-state index in [2.05, 4.69) is 45.2 Å². The first-order valence-corrected chi connectivity index (χ1v) is 16.9. The molecule has 2 aliphatic carbocycles. The highest BCUT2D eigenvalue weighted by Crippen LogP contribution is 2.55. The Bertz CT molecular complexity index is 1820. The van der Waals surface area contributed by atoms with Gasteiger partial charge < -0.3 is 20.8 Å². The molecule has 3 aliphatic rings. The van der Waals surface area contributed by atoms with Crippen molar-refractivity contribution in [3.63, 3.8) is 0 Å². The first-order valence-electron chi connectivity index (χ1n) is 15.2. The van der Waals surface area contributed by atoms with Gasteiger partial charge in [0.2, 0.25) is 5.88 Å². The Labute approximate surface area is 268 Å². The predicted molar refractivity (Wildman–Crippen MR) is 174 cm³/mol. The molecule has 7 rings (SSSR count). The number of thiazole rings is 1. The summed E-state index contributed by atoms with van der Waals surface area (Å²) in [5.74, 6) is 7.63. The fourth-order valence-corrected chi connectivity index (χ4v) is 9.03. The molecule has 4 aromatic rings. The zero-order chi connectivity index (χ0) is 31.1. The minimum Gasteiger partial charge on any atom is -0.473 e. The average Bonchev–Trinajstić information content (AvgIpc) is 3.85. The van der Waals surface area contributed by atoms with Gasteiger partial charge in [0.15, 0.2) is 23.1 Å². The largest absolute Gasteiger partial charge is 0.473 e. The van der Waals surface area contributed by atoms with Gasteiger partial charge in [0.25, 0.3) is 0 Å². The van der Waals surface area contributed by atoms with E-state index in [1.54, 1.807) is 24.0 Å². The van der Waals surface area contributed by atoms with Crippen molar-refractivity contribution in [2.45, 2.75) is 75.9 Å². The van der Waals surface area contributed by atoms with Gasteiger partial charge in [-0.2, -0.15) is 15.3 Å². The Kier molecular flexibility index (Phi) is 7.84. The number of anilines is 1. The summed E-state index contributed by atoms with van der Waals surface area (Å²) in [6.45, 7) is 3.11. The molecule has 1 fully saturated rings. The molecule has 12 nitrogen and oxygen atoms in total. The molecule has 0 unspecified atom stereocenters. The molecule has 1 aliphatic heterocycles. The minimum atomic E-state index is -0.441. The summed E-state index contributed by atoms with van der Waals surface area (Å²) in [6, 6.07) is 4.39. The number of likely N-dealkylation sites (tertiary alicyclic amines) is 1. The van der Waals surface area contributed by atoms with Crippen molar-refractivity contribution in [3.8, 4) is 23.5 Å². The first kappa shape index (κ1) is 29.5. The number of aryl methyl sites for hydroxylation is 1. The highest BCUT2D eigenvalue weighted by atomic mass is 32.1. The van der Waals surface area contributed by atoms with Crippen LogP contribution in [0.15, 0.2) is 32.4 Å². The molecule has 1 saturated heterocycles. The van der Waals surface area contributed by atoms with Crippen LogP contribution in [0.5, 0.6) is 5.88 Å². The maximum atomic E-state index is 10.1. The lowest BCUT2D eigenvalue weighted by molar-refractivity contribution is 0.117. The van der Waals surface area contributed by atoms with Gasteiger partial charge in [0, 0.05) is 28.7 Å². The lowest BCUT2D eigenvalue weighted by Crippen LogP contribution is -2.38. The van der Waals surface area contributed by atoms with Gasteiger partial charge in [-0.25, -0.2) is 9.98 Å². The number of likely N-dealkylation sites (N-methyl/N-ethyl adjacent to an activating group) is 1. The number of aliphatic imine (C=N–C) groups is 1. The van der Waals surface area contributed by atoms with Gasteiger partial charge in [-0.15, -0.1) is 22.7 Å². The summed E-state index contributed by atoms with van der Waals surface area (Å²) >= 11 is 2.94. The molecule has 1 spiro atoms. The summed E-state index contributed by atoms with van der Waals surface area (Å²) < 4.78 is 12.7. The SMILES string of the molecule is C[C@H](Oc1cc(N=CC(=NN)c2cncs2)nc(-c2noc3c2CCC[C@@]32CCCc3sc(N)c(C#N)c32)n1)[C@@H]1CCCN1C. The predicted octanol–water partition coefficient (Wildman–Crippen LogP) is 4.99. The number of nitrogen functional groups attached to an aromatic ring is 1. The Hall–Kier alpha value is -4.19. The topological polar surface area (TPSA) is 178 Å². The molecule has 5 heterocycles. The number of nitriles is 1. The summed E-state index contributed by atoms with van der Waals surface area (Å²) in [4.78, 5) is 22.7. The van der Waals surface area contributed by atoms with E-state index in [0.29, 0.717) is 39.5 Å². The zero-order valence-electron chi connectivity index (χ0n) is 25.2. The Balaban J connectivity index is 1.30. The van der Waals surface area contributed by atoms with Crippen LogP contribution in [0, 0.1) is 11.3 Å². The standard InChI is InChI=1S/C31H34N10O2S2/c1-17(21-7-5-11-41(21)2)42-25-12-24(36-14-20(39-34)23-15-35-16-44-23)37-30(38-25)27-18-6-3-9-31(28(18)43-40-27)10-4-8-22-26(31)19(13-32)29(33)45-22/h12,14-17,21H,3-11,33-34H2,1-2H3/t17-,21-,31-/m0/s1. The molecule has 232 valence electrons. The fourth-order valence-electron chi connectivity index (χ4n) is 7.29. The van der Waals surface area contributed by atoms with Crippen LogP contribution in [-0.2, 0) is 18.3 Å². The van der Waals surface area contributed by atoms with Crippen LogP contribution >= 0.6 is 22.7 Å². The fraction of sp³-hybridized carbons (Fsp3) is 0.452. The maximum absolute atomic E-state index is 10.1. The highest BCUT2D eigenvalue weighted by molar-refractivity contribution is 7.16. The van der Waals surface area contributed by atoms with Gasteiger partial charge in [0.05, 0.1) is 27.6 Å². The average molecular weight is 643 g/mol. The van der Waals surface area contributed by atoms with E-state index < -0.39 is 5.41 Å². The quantitative estimate of drug-likeness (QED) is 0.159. The number of nitrogens with two attached hydrogens (primary N) is 2. The van der Waals surface area contributed by atoms with Crippen molar-refractivity contribution in [3.05, 3.63) is 50.0 Å². The molecule has 0 bridgehead atoms.